The van der Waals surface area contributed by atoms with Gasteiger partial charge in [-0.1, -0.05) is 24.8 Å². The van der Waals surface area contributed by atoms with Gasteiger partial charge in [0.15, 0.2) is 11.8 Å². The highest BCUT2D eigenvalue weighted by Gasteiger charge is 2.55. The molecule has 0 radical (unpaired) electrons. The summed E-state index contributed by atoms with van der Waals surface area (Å²) in [5.41, 5.74) is 1.64. The Bertz CT molecular complexity index is 443. The van der Waals surface area contributed by atoms with Gasteiger partial charge in [-0.05, 0) is 11.6 Å². The van der Waals surface area contributed by atoms with Crippen LogP contribution >= 0.6 is 0 Å². The second-order valence-electron chi connectivity index (χ2n) is 4.16. The van der Waals surface area contributed by atoms with Gasteiger partial charge in [-0.25, -0.2) is 0 Å². The Morgan fingerprint density at radius 1 is 1.53 bits per heavy atom. The summed E-state index contributed by atoms with van der Waals surface area (Å²) in [6, 6.07) is 7.81. The molecule has 0 amide bonds. The van der Waals surface area contributed by atoms with E-state index >= 15 is 0 Å². The minimum Gasteiger partial charge on any atom is -0.376 e. The van der Waals surface area contributed by atoms with E-state index in [0.29, 0.717) is 6.61 Å². The first-order chi connectivity index (χ1) is 7.15. The highest BCUT2D eigenvalue weighted by atomic mass is 16.5. The molecule has 0 aliphatic carbocycles. The zero-order valence-electron chi connectivity index (χ0n) is 8.60. The molecule has 0 bridgehead atoms. The lowest BCUT2D eigenvalue weighted by Gasteiger charge is -2.25. The SMILES string of the molecule is C=C1CO[C@H]2N(C)c3ccccc3[C@@]12O. The summed E-state index contributed by atoms with van der Waals surface area (Å²) in [5, 5.41) is 10.7. The number of aliphatic hydroxyl groups is 1. The lowest BCUT2D eigenvalue weighted by atomic mass is 9.90. The first kappa shape index (κ1) is 8.95. The highest BCUT2D eigenvalue weighted by Crippen LogP contribution is 2.50. The molecule has 2 heterocycles. The smallest absolute Gasteiger partial charge is 0.167 e. The van der Waals surface area contributed by atoms with Crippen molar-refractivity contribution in [1.29, 1.82) is 0 Å². The number of nitrogens with zero attached hydrogens (tertiary/aromatic N) is 1. The number of hydrogen-bond donors (Lipinski definition) is 1. The van der Waals surface area contributed by atoms with Gasteiger partial charge in [0.05, 0.1) is 6.61 Å². The van der Waals surface area contributed by atoms with E-state index in [-0.39, 0.29) is 6.23 Å². The molecule has 0 unspecified atom stereocenters. The van der Waals surface area contributed by atoms with Gasteiger partial charge < -0.3 is 14.7 Å². The Morgan fingerprint density at radius 3 is 3.07 bits per heavy atom. The second kappa shape index (κ2) is 2.62. The average molecular weight is 203 g/mol. The minimum atomic E-state index is -1.02. The molecule has 2 atom stereocenters. The number of rotatable bonds is 0. The van der Waals surface area contributed by atoms with Crippen LogP contribution in [0.25, 0.3) is 0 Å². The van der Waals surface area contributed by atoms with Crippen LogP contribution in [0.5, 0.6) is 0 Å². The second-order valence-corrected chi connectivity index (χ2v) is 4.16. The molecule has 15 heavy (non-hydrogen) atoms. The van der Waals surface area contributed by atoms with Crippen LogP contribution in [0, 0.1) is 0 Å². The zero-order valence-corrected chi connectivity index (χ0v) is 8.60. The van der Waals surface area contributed by atoms with Gasteiger partial charge in [-0.2, -0.15) is 0 Å². The molecule has 0 aromatic heterocycles. The molecule has 3 heteroatoms. The number of anilines is 1. The van der Waals surface area contributed by atoms with Crippen molar-refractivity contribution < 1.29 is 9.84 Å². The first-order valence-corrected chi connectivity index (χ1v) is 5.00. The van der Waals surface area contributed by atoms with Crippen LogP contribution in [-0.2, 0) is 10.3 Å². The van der Waals surface area contributed by atoms with Crippen LogP contribution in [0.15, 0.2) is 36.4 Å². The van der Waals surface area contributed by atoms with Gasteiger partial charge in [0.2, 0.25) is 0 Å². The number of likely N-dealkylation sites (N-methyl/N-ethyl adjacent to an activating group) is 1. The molecule has 0 saturated carbocycles. The Hall–Kier alpha value is -1.32. The predicted octanol–water partition coefficient (Wildman–Crippen LogP) is 1.24. The molecule has 2 aliphatic heterocycles. The van der Waals surface area contributed by atoms with Crippen molar-refractivity contribution in [2.45, 2.75) is 11.8 Å². The van der Waals surface area contributed by atoms with Crippen molar-refractivity contribution in [3.05, 3.63) is 42.0 Å². The number of benzene rings is 1. The maximum absolute atomic E-state index is 10.7. The standard InChI is InChI=1S/C12H13NO2/c1-8-7-15-11-12(8,14)9-5-3-4-6-10(9)13(11)2/h3-6,11,14H,1,7H2,2H3/t11-,12+/m1/s1. The zero-order chi connectivity index (χ0) is 10.6. The van der Waals surface area contributed by atoms with Gasteiger partial charge in [0, 0.05) is 18.3 Å². The number of fused-ring (bicyclic) bond motifs is 3. The van der Waals surface area contributed by atoms with Crippen LogP contribution in [-0.4, -0.2) is 25.0 Å². The molecule has 1 saturated heterocycles. The van der Waals surface area contributed by atoms with E-state index < -0.39 is 5.60 Å². The third-order valence-corrected chi connectivity index (χ3v) is 3.36. The first-order valence-electron chi connectivity index (χ1n) is 5.00. The molecule has 1 aromatic carbocycles. The van der Waals surface area contributed by atoms with Crippen LogP contribution in [0.4, 0.5) is 5.69 Å². The summed E-state index contributed by atoms with van der Waals surface area (Å²) in [4.78, 5) is 1.97. The van der Waals surface area contributed by atoms with Crippen molar-refractivity contribution in [1.82, 2.24) is 0 Å². The van der Waals surface area contributed by atoms with Crippen LogP contribution in [0.2, 0.25) is 0 Å². The van der Waals surface area contributed by atoms with Crippen molar-refractivity contribution in [3.8, 4) is 0 Å². The normalized spacial score (nSPS) is 33.1. The van der Waals surface area contributed by atoms with E-state index in [2.05, 4.69) is 6.58 Å². The van der Waals surface area contributed by atoms with Crippen molar-refractivity contribution in [2.24, 2.45) is 0 Å². The molecule has 1 aromatic rings. The number of ether oxygens (including phenoxy) is 1. The average Bonchev–Trinajstić information content (AvgIpc) is 2.66. The third kappa shape index (κ3) is 0.874. The van der Waals surface area contributed by atoms with Gasteiger partial charge in [-0.15, -0.1) is 0 Å². The molecule has 1 fully saturated rings. The maximum atomic E-state index is 10.7. The monoisotopic (exact) mass is 203 g/mol. The summed E-state index contributed by atoms with van der Waals surface area (Å²) < 4.78 is 5.56. The fourth-order valence-corrected chi connectivity index (χ4v) is 2.53. The van der Waals surface area contributed by atoms with Crippen LogP contribution in [0.3, 0.4) is 0 Å². The summed E-state index contributed by atoms with van der Waals surface area (Å²) >= 11 is 0. The molecule has 3 rings (SSSR count). The number of para-hydroxylation sites is 1. The molecule has 1 N–H and O–H groups in total. The van der Waals surface area contributed by atoms with Crippen molar-refractivity contribution in [2.75, 3.05) is 18.6 Å². The summed E-state index contributed by atoms with van der Waals surface area (Å²) in [6.45, 7) is 4.33. The van der Waals surface area contributed by atoms with E-state index in [1.165, 1.54) is 0 Å². The van der Waals surface area contributed by atoms with E-state index in [0.717, 1.165) is 16.8 Å². The summed E-state index contributed by atoms with van der Waals surface area (Å²) in [6.07, 6.45) is -0.317. The Morgan fingerprint density at radius 2 is 2.27 bits per heavy atom. The van der Waals surface area contributed by atoms with Gasteiger partial charge in [0.1, 0.15) is 0 Å². The van der Waals surface area contributed by atoms with Gasteiger partial charge >= 0.3 is 0 Å². The van der Waals surface area contributed by atoms with E-state index in [4.69, 9.17) is 4.74 Å². The van der Waals surface area contributed by atoms with E-state index in [1.807, 2.05) is 36.2 Å². The van der Waals surface area contributed by atoms with Gasteiger partial charge in [-0.3, -0.25) is 0 Å². The van der Waals surface area contributed by atoms with Crippen LogP contribution < -0.4 is 4.90 Å². The molecule has 3 nitrogen and oxygen atoms in total. The fourth-order valence-electron chi connectivity index (χ4n) is 2.53. The lowest BCUT2D eigenvalue weighted by molar-refractivity contribution is -0.0178. The van der Waals surface area contributed by atoms with Crippen molar-refractivity contribution >= 4 is 5.69 Å². The van der Waals surface area contributed by atoms with Crippen LogP contribution in [0.1, 0.15) is 5.56 Å². The third-order valence-electron chi connectivity index (χ3n) is 3.36. The Labute approximate surface area is 88.6 Å². The highest BCUT2D eigenvalue weighted by molar-refractivity contribution is 5.65. The number of hydrogen-bond acceptors (Lipinski definition) is 3. The molecule has 2 aliphatic rings. The topological polar surface area (TPSA) is 32.7 Å². The molecule has 78 valence electrons. The van der Waals surface area contributed by atoms with Gasteiger partial charge in [0.25, 0.3) is 0 Å². The molecule has 0 spiro atoms. The van der Waals surface area contributed by atoms with E-state index in [1.54, 1.807) is 0 Å². The quantitative estimate of drug-likeness (QED) is 0.644. The molecular formula is C12H13NO2. The molecular weight excluding hydrogens is 190 g/mol. The fraction of sp³-hybridized carbons (Fsp3) is 0.333. The van der Waals surface area contributed by atoms with E-state index in [9.17, 15) is 5.11 Å². The summed E-state index contributed by atoms with van der Waals surface area (Å²) in [7, 11) is 1.93. The van der Waals surface area contributed by atoms with Crippen molar-refractivity contribution in [3.63, 3.8) is 0 Å². The minimum absolute atomic E-state index is 0.317. The predicted molar refractivity (Wildman–Crippen MR) is 57.6 cm³/mol. The Balaban J connectivity index is 2.26. The largest absolute Gasteiger partial charge is 0.376 e. The Kier molecular flexibility index (Phi) is 1.56. The lowest BCUT2D eigenvalue weighted by Crippen LogP contribution is -2.40. The maximum Gasteiger partial charge on any atom is 0.167 e. The summed E-state index contributed by atoms with van der Waals surface area (Å²) in [5.74, 6) is 0.